The van der Waals surface area contributed by atoms with Crippen molar-refractivity contribution >= 4 is 17.7 Å². The number of nitrogens with zero attached hydrogens (tertiary/aromatic N) is 2. The Hall–Kier alpha value is -2.25. The van der Waals surface area contributed by atoms with E-state index in [-0.39, 0.29) is 35.0 Å². The Morgan fingerprint density at radius 3 is 2.52 bits per heavy atom. The van der Waals surface area contributed by atoms with Gasteiger partial charge in [0.25, 0.3) is 5.91 Å². The lowest BCUT2D eigenvalue weighted by Crippen LogP contribution is -2.52. The van der Waals surface area contributed by atoms with E-state index < -0.39 is 6.04 Å². The van der Waals surface area contributed by atoms with E-state index in [1.807, 2.05) is 12.1 Å². The van der Waals surface area contributed by atoms with E-state index in [4.69, 9.17) is 0 Å². The molecule has 3 atom stereocenters. The number of hydrogen-bond donors (Lipinski definition) is 2. The molecule has 5 rings (SSSR count). The van der Waals surface area contributed by atoms with Crippen LogP contribution in [0.25, 0.3) is 0 Å². The lowest BCUT2D eigenvalue weighted by Gasteiger charge is -2.31. The van der Waals surface area contributed by atoms with Crippen LogP contribution < -0.4 is 10.6 Å². The molecule has 3 saturated heterocycles. The quantitative estimate of drug-likeness (QED) is 0.742. The topological polar surface area (TPSA) is 81.8 Å². The van der Waals surface area contributed by atoms with Crippen LogP contribution in [0.1, 0.15) is 48.2 Å². The van der Waals surface area contributed by atoms with Crippen LogP contribution >= 0.6 is 0 Å². The summed E-state index contributed by atoms with van der Waals surface area (Å²) in [4.78, 5) is 40.9. The Kier molecular flexibility index (Phi) is 4.12. The van der Waals surface area contributed by atoms with Gasteiger partial charge in [-0.2, -0.15) is 0 Å². The molecule has 29 heavy (non-hydrogen) atoms. The number of carbonyl (C=O) groups is 3. The molecule has 2 N–H and O–H groups in total. The van der Waals surface area contributed by atoms with Crippen molar-refractivity contribution in [1.29, 1.82) is 0 Å². The summed E-state index contributed by atoms with van der Waals surface area (Å²) in [6.45, 7) is 10.2. The first-order valence-electron chi connectivity index (χ1n) is 10.5. The number of rotatable bonds is 3. The van der Waals surface area contributed by atoms with Gasteiger partial charge in [-0.3, -0.25) is 24.6 Å². The van der Waals surface area contributed by atoms with Crippen molar-refractivity contribution in [2.45, 2.75) is 45.8 Å². The summed E-state index contributed by atoms with van der Waals surface area (Å²) in [7, 11) is 0. The molecule has 0 spiro atoms. The predicted octanol–water partition coefficient (Wildman–Crippen LogP) is 0.879. The molecule has 0 aromatic heterocycles. The van der Waals surface area contributed by atoms with Gasteiger partial charge in [0.1, 0.15) is 6.04 Å². The van der Waals surface area contributed by atoms with Crippen LogP contribution in [0.4, 0.5) is 0 Å². The summed E-state index contributed by atoms with van der Waals surface area (Å²) in [6.07, 6.45) is 0.679. The van der Waals surface area contributed by atoms with Gasteiger partial charge in [-0.25, -0.2) is 0 Å². The van der Waals surface area contributed by atoms with Gasteiger partial charge in [0.05, 0.1) is 0 Å². The van der Waals surface area contributed by atoms with E-state index in [1.165, 1.54) is 5.56 Å². The maximum atomic E-state index is 13.0. The van der Waals surface area contributed by atoms with Gasteiger partial charge >= 0.3 is 0 Å². The normalized spacial score (nSPS) is 34.5. The van der Waals surface area contributed by atoms with E-state index in [9.17, 15) is 14.4 Å². The van der Waals surface area contributed by atoms with Crippen LogP contribution in [0.3, 0.4) is 0 Å². The summed E-state index contributed by atoms with van der Waals surface area (Å²) in [5.41, 5.74) is 3.46. The number of hydrogen-bond acceptors (Lipinski definition) is 5. The molecular weight excluding hydrogens is 368 g/mol. The average Bonchev–Trinajstić information content (AvgIpc) is 3.21. The molecule has 0 aliphatic carbocycles. The maximum absolute atomic E-state index is 13.0. The molecule has 7 heteroatoms. The van der Waals surface area contributed by atoms with Crippen molar-refractivity contribution in [2.75, 3.05) is 26.2 Å². The lowest BCUT2D eigenvalue weighted by molar-refractivity contribution is -0.136. The van der Waals surface area contributed by atoms with Gasteiger partial charge in [0, 0.05) is 62.1 Å². The summed E-state index contributed by atoms with van der Waals surface area (Å²) in [5.74, 6) is -0.713. The zero-order valence-electron chi connectivity index (χ0n) is 17.1. The van der Waals surface area contributed by atoms with Gasteiger partial charge in [0.15, 0.2) is 0 Å². The minimum Gasteiger partial charge on any atom is -0.322 e. The Balaban J connectivity index is 1.36. The van der Waals surface area contributed by atoms with E-state index >= 15 is 0 Å². The van der Waals surface area contributed by atoms with E-state index in [0.717, 1.165) is 38.3 Å². The highest BCUT2D eigenvalue weighted by atomic mass is 16.2. The third-order valence-corrected chi connectivity index (χ3v) is 7.71. The van der Waals surface area contributed by atoms with Crippen LogP contribution in [-0.4, -0.2) is 59.7 Å². The van der Waals surface area contributed by atoms with E-state index in [1.54, 1.807) is 4.90 Å². The Morgan fingerprint density at radius 2 is 1.83 bits per heavy atom. The zero-order chi connectivity index (χ0) is 20.4. The van der Waals surface area contributed by atoms with Crippen molar-refractivity contribution < 1.29 is 14.4 Å². The SMILES string of the molecule is C[C@@]12CNC[C@]1(C)CN(Cc1cccc3c1CN(C1CCC(=O)NC1=O)C3=O)C2. The molecule has 0 saturated carbocycles. The largest absolute Gasteiger partial charge is 0.322 e. The van der Waals surface area contributed by atoms with Crippen LogP contribution in [0.2, 0.25) is 0 Å². The third-order valence-electron chi connectivity index (χ3n) is 7.71. The third kappa shape index (κ3) is 2.82. The van der Waals surface area contributed by atoms with Crippen molar-refractivity contribution in [2.24, 2.45) is 10.8 Å². The molecule has 1 unspecified atom stereocenters. The second-order valence-corrected chi connectivity index (χ2v) is 9.71. The highest BCUT2D eigenvalue weighted by molar-refractivity contribution is 6.05. The molecule has 3 fully saturated rings. The van der Waals surface area contributed by atoms with Gasteiger partial charge in [-0.1, -0.05) is 26.0 Å². The maximum Gasteiger partial charge on any atom is 0.255 e. The van der Waals surface area contributed by atoms with Crippen molar-refractivity contribution in [3.8, 4) is 0 Å². The summed E-state index contributed by atoms with van der Waals surface area (Å²) < 4.78 is 0. The first kappa shape index (κ1) is 18.8. The fourth-order valence-electron chi connectivity index (χ4n) is 5.73. The summed E-state index contributed by atoms with van der Waals surface area (Å²) in [6, 6.07) is 5.35. The molecule has 0 radical (unpaired) electrons. The van der Waals surface area contributed by atoms with Gasteiger partial charge in [-0.05, 0) is 23.6 Å². The Bertz CT molecular complexity index is 897. The first-order chi connectivity index (χ1) is 13.8. The molecule has 0 bridgehead atoms. The number of piperidine rings is 1. The molecule has 154 valence electrons. The van der Waals surface area contributed by atoms with E-state index in [2.05, 4.69) is 35.4 Å². The molecule has 4 aliphatic heterocycles. The van der Waals surface area contributed by atoms with Crippen LogP contribution in [0.5, 0.6) is 0 Å². The smallest absolute Gasteiger partial charge is 0.255 e. The number of carbonyl (C=O) groups excluding carboxylic acids is 3. The number of benzene rings is 1. The molecule has 7 nitrogen and oxygen atoms in total. The molecule has 1 aromatic rings. The van der Waals surface area contributed by atoms with Crippen molar-refractivity contribution in [3.63, 3.8) is 0 Å². The van der Waals surface area contributed by atoms with Crippen molar-refractivity contribution in [1.82, 2.24) is 20.4 Å². The Labute approximate surface area is 170 Å². The number of imide groups is 1. The van der Waals surface area contributed by atoms with E-state index in [0.29, 0.717) is 18.5 Å². The summed E-state index contributed by atoms with van der Waals surface area (Å²) >= 11 is 0. The standard InChI is InChI=1S/C22H28N4O3/c1-21-10-23-11-22(21,2)13-25(12-21)8-14-4-3-5-15-16(14)9-26(20(15)29)17-6-7-18(27)24-19(17)28/h3-5,17,23H,6-13H2,1-2H3,(H,24,27,28)/t17?,21-,22+. The summed E-state index contributed by atoms with van der Waals surface area (Å²) in [5, 5.41) is 5.92. The second-order valence-electron chi connectivity index (χ2n) is 9.71. The predicted molar refractivity (Wildman–Crippen MR) is 107 cm³/mol. The minimum atomic E-state index is -0.560. The minimum absolute atomic E-state index is 0.0993. The van der Waals surface area contributed by atoms with Gasteiger partial charge < -0.3 is 10.2 Å². The van der Waals surface area contributed by atoms with Crippen molar-refractivity contribution in [3.05, 3.63) is 34.9 Å². The fraction of sp³-hybridized carbons (Fsp3) is 0.591. The highest BCUT2D eigenvalue weighted by Gasteiger charge is 2.54. The van der Waals surface area contributed by atoms with Crippen LogP contribution in [-0.2, 0) is 22.7 Å². The van der Waals surface area contributed by atoms with Crippen LogP contribution in [0, 0.1) is 10.8 Å². The highest BCUT2D eigenvalue weighted by Crippen LogP contribution is 2.48. The first-order valence-corrected chi connectivity index (χ1v) is 10.5. The number of nitrogens with one attached hydrogen (secondary N) is 2. The molecule has 4 aliphatic rings. The number of fused-ring (bicyclic) bond motifs is 2. The molecular formula is C22H28N4O3. The van der Waals surface area contributed by atoms with Gasteiger partial charge in [0.2, 0.25) is 11.8 Å². The molecule has 4 heterocycles. The lowest BCUT2D eigenvalue weighted by atomic mass is 9.71. The molecule has 3 amide bonds. The fourth-order valence-corrected chi connectivity index (χ4v) is 5.73. The Morgan fingerprint density at radius 1 is 1.10 bits per heavy atom. The number of likely N-dealkylation sites (tertiary alicyclic amines) is 1. The molecule has 1 aromatic carbocycles. The number of amides is 3. The zero-order valence-corrected chi connectivity index (χ0v) is 17.1. The average molecular weight is 396 g/mol. The van der Waals surface area contributed by atoms with Gasteiger partial charge in [-0.15, -0.1) is 0 Å². The monoisotopic (exact) mass is 396 g/mol. The second kappa shape index (κ2) is 6.37. The van der Waals surface area contributed by atoms with Crippen LogP contribution in [0.15, 0.2) is 18.2 Å².